The Balaban J connectivity index is 1.90. The van der Waals surface area contributed by atoms with Gasteiger partial charge < -0.3 is 5.32 Å². The Morgan fingerprint density at radius 1 is 1.05 bits per heavy atom. The van der Waals surface area contributed by atoms with Crippen molar-refractivity contribution in [3.05, 3.63) is 70.8 Å². The summed E-state index contributed by atoms with van der Waals surface area (Å²) >= 11 is 0. The topological polar surface area (TPSA) is 46.2 Å². The zero-order chi connectivity index (χ0) is 14.8. The van der Waals surface area contributed by atoms with Gasteiger partial charge in [-0.25, -0.2) is 0 Å². The largest absolute Gasteiger partial charge is 0.322 e. The molecule has 0 spiro atoms. The second-order valence-corrected chi connectivity index (χ2v) is 5.13. The molecule has 1 aliphatic carbocycles. The first-order valence-electron chi connectivity index (χ1n) is 6.85. The fourth-order valence-electron chi connectivity index (χ4n) is 2.44. The molecule has 0 unspecified atom stereocenters. The fourth-order valence-corrected chi connectivity index (χ4v) is 2.44. The first kappa shape index (κ1) is 13.3. The number of amides is 1. The van der Waals surface area contributed by atoms with E-state index in [1.807, 2.05) is 55.5 Å². The van der Waals surface area contributed by atoms with Crippen molar-refractivity contribution in [2.24, 2.45) is 0 Å². The Morgan fingerprint density at radius 3 is 2.57 bits per heavy atom. The van der Waals surface area contributed by atoms with E-state index in [4.69, 9.17) is 0 Å². The normalized spacial score (nSPS) is 13.4. The van der Waals surface area contributed by atoms with E-state index in [-0.39, 0.29) is 23.7 Å². The highest BCUT2D eigenvalue weighted by Gasteiger charge is 2.23. The maximum Gasteiger partial charge on any atom is 0.259 e. The average molecular weight is 277 g/mol. The van der Waals surface area contributed by atoms with E-state index in [0.717, 1.165) is 22.4 Å². The first-order chi connectivity index (χ1) is 10.1. The molecule has 0 saturated heterocycles. The predicted molar refractivity (Wildman–Crippen MR) is 82.9 cm³/mol. The molecule has 3 rings (SSSR count). The summed E-state index contributed by atoms with van der Waals surface area (Å²) in [6.45, 7) is 1.92. The number of hydrogen-bond donors (Lipinski definition) is 1. The standard InChI is InChI=1S/C18H15NO2/c1-12-6-2-5-9-16(12)19-18(21)15-10-13-7-3-4-8-14(13)11-17(15)20/h2-10H,11H2,1H3,(H,19,21). The molecule has 0 fully saturated rings. The molecule has 3 nitrogen and oxygen atoms in total. The number of hydrogen-bond acceptors (Lipinski definition) is 2. The maximum absolute atomic E-state index is 12.3. The van der Waals surface area contributed by atoms with Crippen LogP contribution < -0.4 is 5.32 Å². The van der Waals surface area contributed by atoms with Crippen LogP contribution >= 0.6 is 0 Å². The molecular formula is C18H15NO2. The summed E-state index contributed by atoms with van der Waals surface area (Å²) in [5, 5.41) is 2.81. The molecule has 0 atom stereocenters. The zero-order valence-electron chi connectivity index (χ0n) is 11.7. The van der Waals surface area contributed by atoms with E-state index >= 15 is 0 Å². The second kappa shape index (κ2) is 5.37. The molecule has 1 N–H and O–H groups in total. The summed E-state index contributed by atoms with van der Waals surface area (Å²) in [7, 11) is 0. The lowest BCUT2D eigenvalue weighted by Gasteiger charge is -2.15. The molecule has 0 aliphatic heterocycles. The highest BCUT2D eigenvalue weighted by Crippen LogP contribution is 2.23. The van der Waals surface area contributed by atoms with Crippen molar-refractivity contribution in [1.29, 1.82) is 0 Å². The maximum atomic E-state index is 12.3. The number of Topliss-reactive ketones (excluding diaryl/α,β-unsaturated/α-hetero) is 1. The van der Waals surface area contributed by atoms with Gasteiger partial charge in [0.25, 0.3) is 5.91 Å². The Bertz CT molecular complexity index is 759. The third-order valence-corrected chi connectivity index (χ3v) is 3.64. The van der Waals surface area contributed by atoms with Crippen LogP contribution in [0.15, 0.2) is 54.1 Å². The van der Waals surface area contributed by atoms with E-state index in [1.165, 1.54) is 0 Å². The van der Waals surface area contributed by atoms with Crippen LogP contribution in [0.3, 0.4) is 0 Å². The number of aryl methyl sites for hydroxylation is 1. The molecule has 0 bridgehead atoms. The summed E-state index contributed by atoms with van der Waals surface area (Å²) in [5.41, 5.74) is 3.82. The highest BCUT2D eigenvalue weighted by atomic mass is 16.2. The van der Waals surface area contributed by atoms with Crippen LogP contribution in [0.2, 0.25) is 0 Å². The number of fused-ring (bicyclic) bond motifs is 1. The predicted octanol–water partition coefficient (Wildman–Crippen LogP) is 3.14. The van der Waals surface area contributed by atoms with Crippen molar-refractivity contribution in [3.63, 3.8) is 0 Å². The third kappa shape index (κ3) is 2.63. The van der Waals surface area contributed by atoms with Crippen LogP contribution in [-0.2, 0) is 16.0 Å². The Kier molecular flexibility index (Phi) is 3.40. The van der Waals surface area contributed by atoms with Gasteiger partial charge in [-0.05, 0) is 35.8 Å². The lowest BCUT2D eigenvalue weighted by Crippen LogP contribution is -2.24. The monoisotopic (exact) mass is 277 g/mol. The molecular weight excluding hydrogens is 262 g/mol. The summed E-state index contributed by atoms with van der Waals surface area (Å²) < 4.78 is 0. The Hall–Kier alpha value is -2.68. The third-order valence-electron chi connectivity index (χ3n) is 3.64. The number of carbonyl (C=O) groups is 2. The highest BCUT2D eigenvalue weighted by molar-refractivity contribution is 6.27. The van der Waals surface area contributed by atoms with Gasteiger partial charge in [-0.3, -0.25) is 9.59 Å². The fraction of sp³-hybridized carbons (Fsp3) is 0.111. The van der Waals surface area contributed by atoms with E-state index in [0.29, 0.717) is 0 Å². The lowest BCUT2D eigenvalue weighted by molar-refractivity contribution is -0.119. The Morgan fingerprint density at radius 2 is 1.76 bits per heavy atom. The van der Waals surface area contributed by atoms with Crippen LogP contribution in [0, 0.1) is 6.92 Å². The van der Waals surface area contributed by atoms with Gasteiger partial charge in [-0.1, -0.05) is 42.5 Å². The molecule has 21 heavy (non-hydrogen) atoms. The summed E-state index contributed by atoms with van der Waals surface area (Å²) in [6, 6.07) is 15.2. The van der Waals surface area contributed by atoms with Crippen molar-refractivity contribution >= 4 is 23.5 Å². The van der Waals surface area contributed by atoms with Crippen molar-refractivity contribution in [2.75, 3.05) is 5.32 Å². The van der Waals surface area contributed by atoms with Crippen molar-refractivity contribution < 1.29 is 9.59 Å². The molecule has 0 heterocycles. The number of ketones is 1. The van der Waals surface area contributed by atoms with Crippen LogP contribution in [-0.4, -0.2) is 11.7 Å². The quantitative estimate of drug-likeness (QED) is 0.857. The smallest absolute Gasteiger partial charge is 0.259 e. The molecule has 0 aromatic heterocycles. The van der Waals surface area contributed by atoms with E-state index in [2.05, 4.69) is 5.32 Å². The molecule has 104 valence electrons. The number of rotatable bonds is 2. The summed E-state index contributed by atoms with van der Waals surface area (Å²) in [6.07, 6.45) is 1.96. The van der Waals surface area contributed by atoms with Gasteiger partial charge in [0.1, 0.15) is 0 Å². The van der Waals surface area contributed by atoms with Crippen molar-refractivity contribution in [3.8, 4) is 0 Å². The van der Waals surface area contributed by atoms with Gasteiger partial charge >= 0.3 is 0 Å². The van der Waals surface area contributed by atoms with Gasteiger partial charge in [-0.2, -0.15) is 0 Å². The zero-order valence-corrected chi connectivity index (χ0v) is 11.7. The molecule has 3 heteroatoms. The number of nitrogens with one attached hydrogen (secondary N) is 1. The average Bonchev–Trinajstić information content (AvgIpc) is 2.49. The van der Waals surface area contributed by atoms with E-state index < -0.39 is 0 Å². The molecule has 0 radical (unpaired) electrons. The Labute approximate surface area is 123 Å². The first-order valence-corrected chi connectivity index (χ1v) is 6.85. The van der Waals surface area contributed by atoms with E-state index in [9.17, 15) is 9.59 Å². The molecule has 2 aromatic carbocycles. The minimum atomic E-state index is -0.344. The van der Waals surface area contributed by atoms with Crippen LogP contribution in [0.5, 0.6) is 0 Å². The molecule has 2 aromatic rings. The van der Waals surface area contributed by atoms with Gasteiger partial charge in [0.15, 0.2) is 5.78 Å². The van der Waals surface area contributed by atoms with Gasteiger partial charge in [0.2, 0.25) is 0 Å². The van der Waals surface area contributed by atoms with Crippen molar-refractivity contribution in [1.82, 2.24) is 0 Å². The minimum absolute atomic E-state index is 0.139. The second-order valence-electron chi connectivity index (χ2n) is 5.13. The molecule has 1 aliphatic rings. The SMILES string of the molecule is Cc1ccccc1NC(=O)C1=Cc2ccccc2CC1=O. The van der Waals surface area contributed by atoms with Crippen LogP contribution in [0.1, 0.15) is 16.7 Å². The van der Waals surface area contributed by atoms with E-state index in [1.54, 1.807) is 6.08 Å². The number of benzene rings is 2. The summed E-state index contributed by atoms with van der Waals surface area (Å²) in [4.78, 5) is 24.5. The number of carbonyl (C=O) groups excluding carboxylic acids is 2. The summed E-state index contributed by atoms with van der Waals surface area (Å²) in [5.74, 6) is -0.483. The van der Waals surface area contributed by atoms with Gasteiger partial charge in [0.05, 0.1) is 5.57 Å². The van der Waals surface area contributed by atoms with Crippen molar-refractivity contribution in [2.45, 2.75) is 13.3 Å². The van der Waals surface area contributed by atoms with Crippen LogP contribution in [0.25, 0.3) is 6.08 Å². The minimum Gasteiger partial charge on any atom is -0.322 e. The van der Waals surface area contributed by atoms with Gasteiger partial charge in [0, 0.05) is 12.1 Å². The molecule has 0 saturated carbocycles. The van der Waals surface area contributed by atoms with Gasteiger partial charge in [-0.15, -0.1) is 0 Å². The van der Waals surface area contributed by atoms with Crippen LogP contribution in [0.4, 0.5) is 5.69 Å². The number of para-hydroxylation sites is 1. The lowest BCUT2D eigenvalue weighted by atomic mass is 9.91. The number of anilines is 1. The molecule has 1 amide bonds.